The van der Waals surface area contributed by atoms with Gasteiger partial charge in [0.1, 0.15) is 5.54 Å². The lowest BCUT2D eigenvalue weighted by atomic mass is 9.99. The Morgan fingerprint density at radius 3 is 2.23 bits per heavy atom. The van der Waals surface area contributed by atoms with Crippen LogP contribution in [0.15, 0.2) is 0 Å². The van der Waals surface area contributed by atoms with Gasteiger partial charge in [0.2, 0.25) is 0 Å². The van der Waals surface area contributed by atoms with Gasteiger partial charge in [-0.05, 0) is 13.8 Å². The molecule has 0 fully saturated rings. The van der Waals surface area contributed by atoms with Gasteiger partial charge in [-0.15, -0.1) is 0 Å². The Hall–Kier alpha value is -0.780. The van der Waals surface area contributed by atoms with Crippen molar-refractivity contribution >= 4 is 5.97 Å². The molecule has 0 bridgehead atoms. The lowest BCUT2D eigenvalue weighted by Gasteiger charge is -2.26. The van der Waals surface area contributed by atoms with E-state index in [4.69, 9.17) is 5.73 Å². The molecular formula is C7H12F3NO2. The third kappa shape index (κ3) is 3.63. The van der Waals surface area contributed by atoms with Crippen molar-refractivity contribution in [3.8, 4) is 0 Å². The van der Waals surface area contributed by atoms with Crippen LogP contribution in [-0.4, -0.2) is 24.3 Å². The minimum absolute atomic E-state index is 0.0484. The summed E-state index contributed by atoms with van der Waals surface area (Å²) in [4.78, 5) is 10.7. The molecule has 0 aromatic carbocycles. The molecule has 0 rings (SSSR count). The van der Waals surface area contributed by atoms with Gasteiger partial charge < -0.3 is 10.5 Å². The summed E-state index contributed by atoms with van der Waals surface area (Å²) in [5.41, 5.74) is 2.38. The normalized spacial score (nSPS) is 16.5. The van der Waals surface area contributed by atoms with Crippen molar-refractivity contribution in [2.45, 2.75) is 32.0 Å². The van der Waals surface area contributed by atoms with Gasteiger partial charge >= 0.3 is 12.1 Å². The van der Waals surface area contributed by atoms with E-state index < -0.39 is 24.1 Å². The highest BCUT2D eigenvalue weighted by Gasteiger charge is 2.49. The number of rotatable bonds is 3. The fourth-order valence-electron chi connectivity index (χ4n) is 0.612. The van der Waals surface area contributed by atoms with Crippen molar-refractivity contribution in [3.63, 3.8) is 0 Å². The standard InChI is InChI=1S/C7H12F3NO2/c1-3-13-5(12)4-6(2,11)7(8,9)10/h3-4,11H2,1-2H3/t6-/m0/s1. The molecule has 0 amide bonds. The number of ether oxygens (including phenoxy) is 1. The lowest BCUT2D eigenvalue weighted by molar-refractivity contribution is -0.189. The van der Waals surface area contributed by atoms with Crippen LogP contribution in [0.25, 0.3) is 0 Å². The number of hydrogen-bond acceptors (Lipinski definition) is 3. The minimum atomic E-state index is -4.60. The number of carbonyl (C=O) groups excluding carboxylic acids is 1. The highest BCUT2D eigenvalue weighted by molar-refractivity contribution is 5.70. The Morgan fingerprint density at radius 1 is 1.46 bits per heavy atom. The number of esters is 1. The Labute approximate surface area is 74.0 Å². The van der Waals surface area contributed by atoms with Crippen molar-refractivity contribution in [1.29, 1.82) is 0 Å². The molecule has 0 saturated carbocycles. The van der Waals surface area contributed by atoms with Crippen molar-refractivity contribution in [2.24, 2.45) is 5.73 Å². The Bertz CT molecular complexity index is 189. The first kappa shape index (κ1) is 12.2. The summed E-state index contributed by atoms with van der Waals surface area (Å²) in [6.45, 7) is 2.32. The van der Waals surface area contributed by atoms with Gasteiger partial charge in [-0.25, -0.2) is 0 Å². The van der Waals surface area contributed by atoms with Crippen molar-refractivity contribution in [2.75, 3.05) is 6.61 Å². The van der Waals surface area contributed by atoms with E-state index in [0.717, 1.165) is 6.92 Å². The lowest BCUT2D eigenvalue weighted by Crippen LogP contribution is -2.52. The molecule has 0 heterocycles. The van der Waals surface area contributed by atoms with E-state index in [0.29, 0.717) is 0 Å². The van der Waals surface area contributed by atoms with E-state index in [1.807, 2.05) is 0 Å². The maximum atomic E-state index is 12.1. The van der Waals surface area contributed by atoms with Crippen LogP contribution in [0.3, 0.4) is 0 Å². The number of alkyl halides is 3. The van der Waals surface area contributed by atoms with E-state index >= 15 is 0 Å². The summed E-state index contributed by atoms with van der Waals surface area (Å²) in [6.07, 6.45) is -5.45. The Morgan fingerprint density at radius 2 is 1.92 bits per heavy atom. The zero-order valence-electron chi connectivity index (χ0n) is 7.44. The molecule has 0 radical (unpaired) electrons. The van der Waals surface area contributed by atoms with E-state index in [2.05, 4.69) is 4.74 Å². The van der Waals surface area contributed by atoms with Crippen LogP contribution in [0, 0.1) is 0 Å². The molecule has 0 aliphatic rings. The quantitative estimate of drug-likeness (QED) is 0.695. The average molecular weight is 199 g/mol. The highest BCUT2D eigenvalue weighted by atomic mass is 19.4. The molecule has 2 N–H and O–H groups in total. The summed E-state index contributed by atoms with van der Waals surface area (Å²) in [5.74, 6) is -0.940. The SMILES string of the molecule is CCOC(=O)C[C@](C)(N)C(F)(F)F. The summed E-state index contributed by atoms with van der Waals surface area (Å²) < 4.78 is 40.7. The van der Waals surface area contributed by atoms with Gasteiger partial charge in [-0.1, -0.05) is 0 Å². The molecule has 0 unspecified atom stereocenters. The molecule has 1 atom stereocenters. The van der Waals surface area contributed by atoms with E-state index in [9.17, 15) is 18.0 Å². The second-order valence-electron chi connectivity index (χ2n) is 2.90. The van der Waals surface area contributed by atoms with E-state index in [-0.39, 0.29) is 6.61 Å². The third-order valence-electron chi connectivity index (χ3n) is 1.46. The van der Waals surface area contributed by atoms with Crippen LogP contribution in [-0.2, 0) is 9.53 Å². The smallest absolute Gasteiger partial charge is 0.406 e. The fourth-order valence-corrected chi connectivity index (χ4v) is 0.612. The van der Waals surface area contributed by atoms with Crippen molar-refractivity contribution in [3.05, 3.63) is 0 Å². The van der Waals surface area contributed by atoms with Gasteiger partial charge in [0.15, 0.2) is 0 Å². The summed E-state index contributed by atoms with van der Waals surface area (Å²) >= 11 is 0. The van der Waals surface area contributed by atoms with Gasteiger partial charge in [0.05, 0.1) is 13.0 Å². The Kier molecular flexibility index (Phi) is 3.71. The summed E-state index contributed by atoms with van der Waals surface area (Å²) in [5, 5.41) is 0. The van der Waals surface area contributed by atoms with Gasteiger partial charge in [-0.3, -0.25) is 4.79 Å². The topological polar surface area (TPSA) is 52.3 Å². The number of carbonyl (C=O) groups is 1. The maximum Gasteiger partial charge on any atom is 0.406 e. The van der Waals surface area contributed by atoms with Crippen LogP contribution in [0.4, 0.5) is 13.2 Å². The molecule has 6 heteroatoms. The molecule has 0 aliphatic carbocycles. The third-order valence-corrected chi connectivity index (χ3v) is 1.46. The molecule has 3 nitrogen and oxygen atoms in total. The summed E-state index contributed by atoms with van der Waals surface area (Å²) in [6, 6.07) is 0. The molecule has 0 aromatic rings. The van der Waals surface area contributed by atoms with Crippen LogP contribution in [0.2, 0.25) is 0 Å². The zero-order valence-corrected chi connectivity index (χ0v) is 7.44. The molecule has 0 aliphatic heterocycles. The van der Waals surface area contributed by atoms with Crippen LogP contribution < -0.4 is 5.73 Å². The van der Waals surface area contributed by atoms with Crippen LogP contribution >= 0.6 is 0 Å². The second-order valence-corrected chi connectivity index (χ2v) is 2.90. The first-order valence-electron chi connectivity index (χ1n) is 3.72. The first-order valence-corrected chi connectivity index (χ1v) is 3.72. The van der Waals surface area contributed by atoms with Gasteiger partial charge in [0, 0.05) is 0 Å². The highest BCUT2D eigenvalue weighted by Crippen LogP contribution is 2.30. The maximum absolute atomic E-state index is 12.1. The molecule has 0 spiro atoms. The van der Waals surface area contributed by atoms with Gasteiger partial charge in [0.25, 0.3) is 0 Å². The van der Waals surface area contributed by atoms with Crippen LogP contribution in [0.1, 0.15) is 20.3 Å². The predicted molar refractivity (Wildman–Crippen MR) is 39.9 cm³/mol. The monoisotopic (exact) mass is 199 g/mol. The van der Waals surface area contributed by atoms with E-state index in [1.54, 1.807) is 0 Å². The van der Waals surface area contributed by atoms with Crippen LogP contribution in [0.5, 0.6) is 0 Å². The van der Waals surface area contributed by atoms with Crippen molar-refractivity contribution < 1.29 is 22.7 Å². The number of nitrogens with two attached hydrogens (primary N) is 1. The predicted octanol–water partition coefficient (Wildman–Crippen LogP) is 1.22. The summed E-state index contributed by atoms with van der Waals surface area (Å²) in [7, 11) is 0. The van der Waals surface area contributed by atoms with Crippen molar-refractivity contribution in [1.82, 2.24) is 0 Å². The second kappa shape index (κ2) is 3.95. The fraction of sp³-hybridized carbons (Fsp3) is 0.857. The Balaban J connectivity index is 4.26. The zero-order chi connectivity index (χ0) is 10.7. The number of halogens is 3. The molecule has 0 saturated heterocycles. The average Bonchev–Trinajstić information content (AvgIpc) is 1.83. The molecule has 78 valence electrons. The first-order chi connectivity index (χ1) is 5.70. The molecule has 0 aromatic heterocycles. The molecular weight excluding hydrogens is 187 g/mol. The number of hydrogen-bond donors (Lipinski definition) is 1. The van der Waals surface area contributed by atoms with E-state index in [1.165, 1.54) is 6.92 Å². The minimum Gasteiger partial charge on any atom is -0.466 e. The largest absolute Gasteiger partial charge is 0.466 e. The molecule has 13 heavy (non-hydrogen) atoms. The van der Waals surface area contributed by atoms with Gasteiger partial charge in [-0.2, -0.15) is 13.2 Å².